The number of nitrogens with one attached hydrogen (secondary N) is 1. The van der Waals surface area contributed by atoms with E-state index in [2.05, 4.69) is 33.4 Å². The van der Waals surface area contributed by atoms with Crippen molar-refractivity contribution in [2.24, 2.45) is 5.92 Å². The van der Waals surface area contributed by atoms with Gasteiger partial charge in [-0.1, -0.05) is 12.1 Å². The lowest BCUT2D eigenvalue weighted by atomic mass is 9.92. The van der Waals surface area contributed by atoms with Crippen molar-refractivity contribution in [1.82, 2.24) is 19.7 Å². The van der Waals surface area contributed by atoms with Crippen molar-refractivity contribution < 1.29 is 22.7 Å². The second-order valence-electron chi connectivity index (χ2n) is 9.35. The largest absolute Gasteiger partial charge is 0.401 e. The molecule has 5 rings (SSSR count). The molecule has 1 aromatic rings. The van der Waals surface area contributed by atoms with Crippen molar-refractivity contribution in [3.05, 3.63) is 47.8 Å². The van der Waals surface area contributed by atoms with E-state index in [9.17, 15) is 18.0 Å². The number of carbonyl (C=O) groups is 1. The molecule has 1 aromatic heterocycles. The van der Waals surface area contributed by atoms with E-state index in [1.54, 1.807) is 6.20 Å². The average Bonchev–Trinajstić information content (AvgIpc) is 3.00. The number of amides is 1. The van der Waals surface area contributed by atoms with E-state index in [1.807, 2.05) is 17.0 Å². The molecule has 4 aliphatic rings. The second-order valence-corrected chi connectivity index (χ2v) is 9.35. The van der Waals surface area contributed by atoms with E-state index in [0.29, 0.717) is 32.6 Å². The fourth-order valence-electron chi connectivity index (χ4n) is 5.29. The van der Waals surface area contributed by atoms with Gasteiger partial charge in [0.1, 0.15) is 5.82 Å². The number of hydrogen-bond donors (Lipinski definition) is 1. The average molecular weight is 478 g/mol. The Balaban J connectivity index is 1.37. The highest BCUT2D eigenvalue weighted by Crippen LogP contribution is 2.32. The van der Waals surface area contributed by atoms with Gasteiger partial charge in [-0.3, -0.25) is 9.69 Å². The first-order valence-electron chi connectivity index (χ1n) is 11.9. The van der Waals surface area contributed by atoms with Crippen LogP contribution in [0.4, 0.5) is 19.0 Å². The van der Waals surface area contributed by atoms with Crippen molar-refractivity contribution in [3.8, 4) is 0 Å². The topological polar surface area (TPSA) is 60.9 Å². The van der Waals surface area contributed by atoms with Crippen LogP contribution in [0.2, 0.25) is 0 Å². The summed E-state index contributed by atoms with van der Waals surface area (Å²) in [6.07, 6.45) is 4.71. The van der Waals surface area contributed by atoms with E-state index in [1.165, 1.54) is 4.90 Å². The normalized spacial score (nSPS) is 26.3. The summed E-state index contributed by atoms with van der Waals surface area (Å²) >= 11 is 0. The van der Waals surface area contributed by atoms with Crippen molar-refractivity contribution >= 4 is 11.7 Å². The zero-order chi connectivity index (χ0) is 23.7. The summed E-state index contributed by atoms with van der Waals surface area (Å²) in [5.41, 5.74) is 2.01. The minimum absolute atomic E-state index is 0.00744. The number of hydrogen-bond acceptors (Lipinski definition) is 6. The van der Waals surface area contributed by atoms with Gasteiger partial charge in [0.2, 0.25) is 5.91 Å². The molecular formula is C24H30F3N5O2. The minimum Gasteiger partial charge on any atom is -0.378 e. The van der Waals surface area contributed by atoms with E-state index in [0.717, 1.165) is 30.2 Å². The molecule has 7 nitrogen and oxygen atoms in total. The van der Waals surface area contributed by atoms with Crippen molar-refractivity contribution in [3.63, 3.8) is 0 Å². The molecule has 2 fully saturated rings. The highest BCUT2D eigenvalue weighted by Gasteiger charge is 2.39. The number of likely N-dealkylation sites (tertiary alicyclic amines) is 1. The van der Waals surface area contributed by atoms with Gasteiger partial charge < -0.3 is 19.9 Å². The number of morpholine rings is 1. The van der Waals surface area contributed by atoms with Crippen LogP contribution in [0.1, 0.15) is 18.4 Å². The maximum Gasteiger partial charge on any atom is 0.401 e. The molecule has 184 valence electrons. The van der Waals surface area contributed by atoms with Gasteiger partial charge in [-0.05, 0) is 44.1 Å². The molecule has 2 saturated heterocycles. The van der Waals surface area contributed by atoms with Gasteiger partial charge in [-0.2, -0.15) is 13.2 Å². The van der Waals surface area contributed by atoms with Crippen LogP contribution in [0.25, 0.3) is 0 Å². The van der Waals surface area contributed by atoms with Crippen LogP contribution in [0.15, 0.2) is 42.3 Å². The first kappa shape index (κ1) is 23.2. The number of carbonyl (C=O) groups excluding carboxylic acids is 1. The summed E-state index contributed by atoms with van der Waals surface area (Å²) in [6.45, 7) is 3.01. The second kappa shape index (κ2) is 9.58. The Hall–Kier alpha value is -2.59. The maximum atomic E-state index is 13.8. The number of piperidine rings is 1. The van der Waals surface area contributed by atoms with Crippen LogP contribution in [-0.2, 0) is 16.1 Å². The highest BCUT2D eigenvalue weighted by molar-refractivity contribution is 5.80. The van der Waals surface area contributed by atoms with Gasteiger partial charge in [0.05, 0.1) is 31.8 Å². The SMILES string of the molecule is O=C(C1CCN(CC(F)(F)F)CC1)N1Cc2cccnc2NC2C=CC(N3CCOCC3)=CC21. The third kappa shape index (κ3) is 5.07. The maximum absolute atomic E-state index is 13.8. The Bertz CT molecular complexity index is 952. The van der Waals surface area contributed by atoms with Crippen LogP contribution < -0.4 is 5.32 Å². The smallest absolute Gasteiger partial charge is 0.378 e. The Morgan fingerprint density at radius 1 is 1.18 bits per heavy atom. The Morgan fingerprint density at radius 2 is 1.94 bits per heavy atom. The van der Waals surface area contributed by atoms with Gasteiger partial charge in [0, 0.05) is 43.0 Å². The molecule has 10 heteroatoms. The van der Waals surface area contributed by atoms with E-state index in [4.69, 9.17) is 4.74 Å². The number of pyridine rings is 1. The van der Waals surface area contributed by atoms with Crippen LogP contribution in [0.5, 0.6) is 0 Å². The zero-order valence-electron chi connectivity index (χ0n) is 19.0. The van der Waals surface area contributed by atoms with Crippen molar-refractivity contribution in [1.29, 1.82) is 0 Å². The lowest BCUT2D eigenvalue weighted by molar-refractivity contribution is -0.151. The fourth-order valence-corrected chi connectivity index (χ4v) is 5.29. The minimum atomic E-state index is -4.22. The van der Waals surface area contributed by atoms with Crippen molar-refractivity contribution in [2.75, 3.05) is 51.3 Å². The molecule has 0 saturated carbocycles. The summed E-state index contributed by atoms with van der Waals surface area (Å²) in [7, 11) is 0. The molecule has 4 heterocycles. The number of ether oxygens (including phenoxy) is 1. The van der Waals surface area contributed by atoms with Crippen LogP contribution in [0, 0.1) is 5.92 Å². The Morgan fingerprint density at radius 3 is 2.68 bits per heavy atom. The lowest BCUT2D eigenvalue weighted by Gasteiger charge is -2.40. The molecule has 34 heavy (non-hydrogen) atoms. The summed E-state index contributed by atoms with van der Waals surface area (Å²) < 4.78 is 43.9. The number of rotatable bonds is 3. The van der Waals surface area contributed by atoms with Crippen LogP contribution in [0.3, 0.4) is 0 Å². The Kier molecular flexibility index (Phi) is 6.52. The molecule has 2 unspecified atom stereocenters. The number of nitrogens with zero attached hydrogens (tertiary/aromatic N) is 4. The van der Waals surface area contributed by atoms with Gasteiger partial charge in [-0.25, -0.2) is 4.98 Å². The molecule has 0 aromatic carbocycles. The summed E-state index contributed by atoms with van der Waals surface area (Å²) in [5.74, 6) is 0.489. The molecule has 0 bridgehead atoms. The molecule has 0 radical (unpaired) electrons. The molecular weight excluding hydrogens is 447 g/mol. The fraction of sp³-hybridized carbons (Fsp3) is 0.583. The number of anilines is 1. The highest BCUT2D eigenvalue weighted by atomic mass is 19.4. The third-order valence-electron chi connectivity index (χ3n) is 7.08. The number of fused-ring (bicyclic) bond motifs is 2. The Labute approximate surface area is 197 Å². The van der Waals surface area contributed by atoms with Gasteiger partial charge in [0.15, 0.2) is 0 Å². The predicted octanol–water partition coefficient (Wildman–Crippen LogP) is 2.63. The summed E-state index contributed by atoms with van der Waals surface area (Å²) in [5, 5.41) is 3.49. The number of halogens is 3. The molecule has 2 atom stereocenters. The zero-order valence-corrected chi connectivity index (χ0v) is 19.0. The lowest BCUT2D eigenvalue weighted by Crippen LogP contribution is -2.51. The molecule has 1 amide bonds. The monoisotopic (exact) mass is 477 g/mol. The van der Waals surface area contributed by atoms with Gasteiger partial charge in [0.25, 0.3) is 0 Å². The van der Waals surface area contributed by atoms with E-state index >= 15 is 0 Å². The van der Waals surface area contributed by atoms with Gasteiger partial charge >= 0.3 is 6.18 Å². The standard InChI is InChI=1S/C24H30F3N5O2/c25-24(26,27)16-30-8-5-17(6-9-30)23(33)32-15-18-2-1-7-28-22(18)29-20-4-3-19(14-21(20)32)31-10-12-34-13-11-31/h1-4,7,14,17,20-21H,5-6,8-13,15-16H2,(H,28,29). The first-order valence-corrected chi connectivity index (χ1v) is 11.9. The first-order chi connectivity index (χ1) is 16.4. The number of alkyl halides is 3. The van der Waals surface area contributed by atoms with E-state index in [-0.39, 0.29) is 37.0 Å². The molecule has 1 N–H and O–H groups in total. The predicted molar refractivity (Wildman–Crippen MR) is 121 cm³/mol. The summed E-state index contributed by atoms with van der Waals surface area (Å²) in [4.78, 5) is 23.9. The third-order valence-corrected chi connectivity index (χ3v) is 7.08. The van der Waals surface area contributed by atoms with Crippen molar-refractivity contribution in [2.45, 2.75) is 37.6 Å². The molecule has 1 aliphatic carbocycles. The van der Waals surface area contributed by atoms with E-state index < -0.39 is 12.7 Å². The van der Waals surface area contributed by atoms with Crippen LogP contribution >= 0.6 is 0 Å². The number of aromatic nitrogens is 1. The quantitative estimate of drug-likeness (QED) is 0.723. The summed E-state index contributed by atoms with van der Waals surface area (Å²) in [6, 6.07) is 3.49. The van der Waals surface area contributed by atoms with Gasteiger partial charge in [-0.15, -0.1) is 0 Å². The number of allylic oxidation sites excluding steroid dienone is 1. The molecule has 0 spiro atoms. The molecule has 3 aliphatic heterocycles. The van der Waals surface area contributed by atoms with Crippen LogP contribution in [-0.4, -0.2) is 89.8 Å².